The molecule has 1 heterocycles. The van der Waals surface area contributed by atoms with Gasteiger partial charge in [0.15, 0.2) is 11.9 Å². The first-order chi connectivity index (χ1) is 11.8. The molecule has 0 amide bonds. The lowest BCUT2D eigenvalue weighted by Crippen LogP contribution is -1.89. The highest BCUT2D eigenvalue weighted by Crippen LogP contribution is 2.33. The molecule has 0 aliphatic carbocycles. The van der Waals surface area contributed by atoms with Gasteiger partial charge in [0.25, 0.3) is 0 Å². The first-order valence-corrected chi connectivity index (χ1v) is 7.77. The molecule has 0 N–H and O–H groups in total. The quantitative estimate of drug-likeness (QED) is 0.483. The van der Waals surface area contributed by atoms with Gasteiger partial charge >= 0.3 is 0 Å². The van der Waals surface area contributed by atoms with E-state index in [0.717, 1.165) is 34.1 Å². The minimum atomic E-state index is 0.581. The standard InChI is InChI=1S/C21H15NO2/c1-14-10-11-17(16(12-14)13-23)18-8-5-9-19-20(18)24-21(22-19)15-6-3-2-4-7-15/h2-13H,1H3. The van der Waals surface area contributed by atoms with Crippen molar-refractivity contribution in [3.8, 4) is 22.6 Å². The molecule has 0 unspecified atom stereocenters. The van der Waals surface area contributed by atoms with Crippen LogP contribution in [0.4, 0.5) is 0 Å². The van der Waals surface area contributed by atoms with E-state index in [9.17, 15) is 4.79 Å². The van der Waals surface area contributed by atoms with Crippen LogP contribution in [0.5, 0.6) is 0 Å². The summed E-state index contributed by atoms with van der Waals surface area (Å²) in [7, 11) is 0. The van der Waals surface area contributed by atoms with Gasteiger partial charge in [-0.05, 0) is 36.8 Å². The molecule has 3 aromatic carbocycles. The van der Waals surface area contributed by atoms with Crippen LogP contribution in [0.3, 0.4) is 0 Å². The lowest BCUT2D eigenvalue weighted by molar-refractivity contribution is 0.112. The van der Waals surface area contributed by atoms with E-state index in [1.165, 1.54) is 0 Å². The Morgan fingerprint density at radius 1 is 0.917 bits per heavy atom. The Morgan fingerprint density at radius 2 is 1.75 bits per heavy atom. The van der Waals surface area contributed by atoms with Crippen LogP contribution in [0.25, 0.3) is 33.7 Å². The largest absolute Gasteiger partial charge is 0.435 e. The minimum absolute atomic E-state index is 0.581. The van der Waals surface area contributed by atoms with Crippen LogP contribution in [0, 0.1) is 6.92 Å². The number of oxazole rings is 1. The number of aldehydes is 1. The van der Waals surface area contributed by atoms with E-state index >= 15 is 0 Å². The van der Waals surface area contributed by atoms with Crippen LogP contribution in [-0.2, 0) is 0 Å². The van der Waals surface area contributed by atoms with Gasteiger partial charge < -0.3 is 4.42 Å². The van der Waals surface area contributed by atoms with Gasteiger partial charge in [-0.1, -0.05) is 48.0 Å². The summed E-state index contributed by atoms with van der Waals surface area (Å²) in [5.74, 6) is 0.581. The second kappa shape index (κ2) is 5.78. The van der Waals surface area contributed by atoms with Crippen molar-refractivity contribution >= 4 is 17.4 Å². The maximum atomic E-state index is 11.5. The molecule has 0 radical (unpaired) electrons. The predicted octanol–water partition coefficient (Wildman–Crippen LogP) is 5.28. The van der Waals surface area contributed by atoms with Crippen molar-refractivity contribution in [2.24, 2.45) is 0 Å². The summed E-state index contributed by atoms with van der Waals surface area (Å²) in [5, 5.41) is 0. The van der Waals surface area contributed by atoms with Crippen LogP contribution in [0.15, 0.2) is 71.1 Å². The predicted molar refractivity (Wildman–Crippen MR) is 95.0 cm³/mol. The van der Waals surface area contributed by atoms with Crippen LogP contribution < -0.4 is 0 Å². The van der Waals surface area contributed by atoms with Crippen molar-refractivity contribution in [1.82, 2.24) is 4.98 Å². The number of carbonyl (C=O) groups excluding carboxylic acids is 1. The van der Waals surface area contributed by atoms with Gasteiger partial charge in [-0.3, -0.25) is 4.79 Å². The molecule has 24 heavy (non-hydrogen) atoms. The molecular weight excluding hydrogens is 298 g/mol. The zero-order valence-electron chi connectivity index (χ0n) is 13.2. The van der Waals surface area contributed by atoms with Gasteiger partial charge in [-0.2, -0.15) is 0 Å². The van der Waals surface area contributed by atoms with Gasteiger partial charge in [0.05, 0.1) is 0 Å². The molecule has 0 bridgehead atoms. The zero-order valence-corrected chi connectivity index (χ0v) is 13.2. The van der Waals surface area contributed by atoms with Crippen molar-refractivity contribution in [2.75, 3.05) is 0 Å². The van der Waals surface area contributed by atoms with Crippen LogP contribution in [0.1, 0.15) is 15.9 Å². The Kier molecular flexibility index (Phi) is 3.47. The molecule has 0 fully saturated rings. The molecule has 3 heteroatoms. The minimum Gasteiger partial charge on any atom is -0.435 e. The molecule has 0 saturated carbocycles. The summed E-state index contributed by atoms with van der Waals surface area (Å²) in [5.41, 5.74) is 5.85. The Labute approximate surface area is 139 Å². The Balaban J connectivity index is 1.94. The second-order valence-corrected chi connectivity index (χ2v) is 5.75. The topological polar surface area (TPSA) is 43.1 Å². The number of aryl methyl sites for hydroxylation is 1. The summed E-state index contributed by atoms with van der Waals surface area (Å²) in [6.45, 7) is 1.97. The summed E-state index contributed by atoms with van der Waals surface area (Å²) >= 11 is 0. The fourth-order valence-corrected chi connectivity index (χ4v) is 2.89. The summed E-state index contributed by atoms with van der Waals surface area (Å²) in [4.78, 5) is 16.1. The molecule has 1 aromatic heterocycles. The molecule has 0 saturated heterocycles. The first kappa shape index (κ1) is 14.4. The van der Waals surface area contributed by atoms with Crippen molar-refractivity contribution in [3.63, 3.8) is 0 Å². The smallest absolute Gasteiger partial charge is 0.227 e. The highest BCUT2D eigenvalue weighted by atomic mass is 16.3. The fourth-order valence-electron chi connectivity index (χ4n) is 2.89. The number of aromatic nitrogens is 1. The molecule has 0 aliphatic rings. The average molecular weight is 313 g/mol. The van der Waals surface area contributed by atoms with E-state index in [0.29, 0.717) is 17.0 Å². The Bertz CT molecular complexity index is 1030. The van der Waals surface area contributed by atoms with Crippen molar-refractivity contribution in [1.29, 1.82) is 0 Å². The van der Waals surface area contributed by atoms with Gasteiger partial charge in [0, 0.05) is 16.7 Å². The Hall–Kier alpha value is -3.20. The highest BCUT2D eigenvalue weighted by molar-refractivity contribution is 5.97. The third-order valence-corrected chi connectivity index (χ3v) is 4.06. The van der Waals surface area contributed by atoms with E-state index in [2.05, 4.69) is 4.98 Å². The number of para-hydroxylation sites is 1. The number of carbonyl (C=O) groups is 1. The zero-order chi connectivity index (χ0) is 16.5. The first-order valence-electron chi connectivity index (χ1n) is 7.77. The SMILES string of the molecule is Cc1ccc(-c2cccc3nc(-c4ccccc4)oc23)c(C=O)c1. The third-order valence-electron chi connectivity index (χ3n) is 4.06. The lowest BCUT2D eigenvalue weighted by atomic mass is 9.98. The second-order valence-electron chi connectivity index (χ2n) is 5.75. The number of hydrogen-bond donors (Lipinski definition) is 0. The third kappa shape index (κ3) is 2.40. The molecule has 0 spiro atoms. The van der Waals surface area contributed by atoms with Crippen molar-refractivity contribution in [2.45, 2.75) is 6.92 Å². The summed E-state index contributed by atoms with van der Waals surface area (Å²) in [6.07, 6.45) is 0.885. The van der Waals surface area contributed by atoms with Gasteiger partial charge in [0.2, 0.25) is 5.89 Å². The van der Waals surface area contributed by atoms with E-state index in [1.54, 1.807) is 0 Å². The summed E-state index contributed by atoms with van der Waals surface area (Å²) in [6, 6.07) is 21.4. The number of nitrogens with zero attached hydrogens (tertiary/aromatic N) is 1. The molecule has 0 aliphatic heterocycles. The van der Waals surface area contributed by atoms with E-state index in [-0.39, 0.29) is 0 Å². The van der Waals surface area contributed by atoms with Crippen molar-refractivity contribution in [3.05, 3.63) is 77.9 Å². The van der Waals surface area contributed by atoms with Crippen LogP contribution in [-0.4, -0.2) is 11.3 Å². The normalized spacial score (nSPS) is 10.9. The van der Waals surface area contributed by atoms with Gasteiger partial charge in [-0.25, -0.2) is 4.98 Å². The summed E-state index contributed by atoms with van der Waals surface area (Å²) < 4.78 is 6.04. The number of hydrogen-bond acceptors (Lipinski definition) is 3. The monoisotopic (exact) mass is 313 g/mol. The van der Waals surface area contributed by atoms with Crippen LogP contribution >= 0.6 is 0 Å². The molecule has 3 nitrogen and oxygen atoms in total. The van der Waals surface area contributed by atoms with Gasteiger partial charge in [-0.15, -0.1) is 0 Å². The highest BCUT2D eigenvalue weighted by Gasteiger charge is 2.14. The average Bonchev–Trinajstić information content (AvgIpc) is 3.07. The molecule has 4 rings (SSSR count). The van der Waals surface area contributed by atoms with E-state index < -0.39 is 0 Å². The van der Waals surface area contributed by atoms with Crippen LogP contribution in [0.2, 0.25) is 0 Å². The number of rotatable bonds is 3. The number of fused-ring (bicyclic) bond motifs is 1. The fraction of sp³-hybridized carbons (Fsp3) is 0.0476. The lowest BCUT2D eigenvalue weighted by Gasteiger charge is -2.06. The molecular formula is C21H15NO2. The maximum Gasteiger partial charge on any atom is 0.227 e. The maximum absolute atomic E-state index is 11.5. The molecule has 4 aromatic rings. The van der Waals surface area contributed by atoms with Crippen molar-refractivity contribution < 1.29 is 9.21 Å². The van der Waals surface area contributed by atoms with E-state index in [4.69, 9.17) is 4.42 Å². The number of benzene rings is 3. The van der Waals surface area contributed by atoms with Gasteiger partial charge in [0.1, 0.15) is 5.52 Å². The van der Waals surface area contributed by atoms with E-state index in [1.807, 2.05) is 73.7 Å². The Morgan fingerprint density at radius 3 is 2.54 bits per heavy atom. The molecule has 0 atom stereocenters. The molecule has 116 valence electrons.